The lowest BCUT2D eigenvalue weighted by Gasteiger charge is -2.23. The first kappa shape index (κ1) is 20.1. The van der Waals surface area contributed by atoms with Crippen molar-refractivity contribution in [2.45, 2.75) is 38.4 Å². The Balaban J connectivity index is 1.94. The normalized spacial score (nSPS) is 11.7. The fraction of sp³-hybridized carbons (Fsp3) is 0.286. The van der Waals surface area contributed by atoms with Crippen LogP contribution in [0.15, 0.2) is 71.8 Å². The number of aromatic nitrogens is 2. The average molecular weight is 400 g/mol. The molecule has 0 aliphatic rings. The van der Waals surface area contributed by atoms with Crippen molar-refractivity contribution >= 4 is 10.0 Å². The van der Waals surface area contributed by atoms with Gasteiger partial charge in [0.25, 0.3) is 0 Å². The number of rotatable bonds is 9. The third-order valence-corrected chi connectivity index (χ3v) is 6.22. The first-order valence-electron chi connectivity index (χ1n) is 9.32. The minimum absolute atomic E-state index is 0.245. The zero-order chi connectivity index (χ0) is 20.0. The number of nitrogens with zero attached hydrogens (tertiary/aromatic N) is 3. The van der Waals surface area contributed by atoms with Crippen LogP contribution < -0.4 is 4.74 Å². The molecule has 0 aliphatic carbocycles. The van der Waals surface area contributed by atoms with Crippen molar-refractivity contribution in [2.24, 2.45) is 0 Å². The van der Waals surface area contributed by atoms with Gasteiger partial charge >= 0.3 is 0 Å². The number of aryl methyl sites for hydroxylation is 1. The largest absolute Gasteiger partial charge is 0.494 e. The van der Waals surface area contributed by atoms with Crippen LogP contribution in [-0.2, 0) is 29.7 Å². The van der Waals surface area contributed by atoms with Gasteiger partial charge in [-0.15, -0.1) is 0 Å². The summed E-state index contributed by atoms with van der Waals surface area (Å²) in [5.74, 6) is 0.653. The van der Waals surface area contributed by atoms with Crippen molar-refractivity contribution in [1.29, 1.82) is 0 Å². The molecule has 0 unspecified atom stereocenters. The molecule has 28 heavy (non-hydrogen) atoms. The van der Waals surface area contributed by atoms with Crippen molar-refractivity contribution in [3.63, 3.8) is 0 Å². The maximum absolute atomic E-state index is 13.4. The van der Waals surface area contributed by atoms with E-state index in [2.05, 4.69) is 5.10 Å². The molecule has 0 fully saturated rings. The molecular weight excluding hydrogens is 374 g/mol. The Bertz CT molecular complexity index is 983. The van der Waals surface area contributed by atoms with Gasteiger partial charge in [0.05, 0.1) is 23.7 Å². The third kappa shape index (κ3) is 4.61. The lowest BCUT2D eigenvalue weighted by Crippen LogP contribution is -2.31. The van der Waals surface area contributed by atoms with Crippen LogP contribution in [0, 0.1) is 0 Å². The molecule has 0 spiro atoms. The highest BCUT2D eigenvalue weighted by Crippen LogP contribution is 2.23. The zero-order valence-electron chi connectivity index (χ0n) is 16.2. The molecule has 1 aromatic heterocycles. The van der Waals surface area contributed by atoms with Gasteiger partial charge in [0.2, 0.25) is 10.0 Å². The second-order valence-electron chi connectivity index (χ2n) is 6.30. The quantitative estimate of drug-likeness (QED) is 0.550. The molecule has 3 rings (SSSR count). The Hall–Kier alpha value is -2.64. The smallest absolute Gasteiger partial charge is 0.243 e. The van der Waals surface area contributed by atoms with Crippen molar-refractivity contribution < 1.29 is 13.2 Å². The molecule has 0 saturated heterocycles. The Morgan fingerprint density at radius 1 is 0.964 bits per heavy atom. The van der Waals surface area contributed by atoms with E-state index < -0.39 is 10.0 Å². The van der Waals surface area contributed by atoms with E-state index in [0.717, 1.165) is 11.3 Å². The summed E-state index contributed by atoms with van der Waals surface area (Å²) in [5, 5.41) is 4.26. The number of hydrogen-bond donors (Lipinski definition) is 0. The molecular formula is C21H25N3O3S. The maximum atomic E-state index is 13.4. The highest BCUT2D eigenvalue weighted by Gasteiger charge is 2.26. The molecule has 148 valence electrons. The molecule has 1 heterocycles. The lowest BCUT2D eigenvalue weighted by atomic mass is 10.2. The van der Waals surface area contributed by atoms with Crippen molar-refractivity contribution in [3.05, 3.63) is 78.1 Å². The Morgan fingerprint density at radius 3 is 2.32 bits per heavy atom. The van der Waals surface area contributed by atoms with E-state index in [0.29, 0.717) is 18.9 Å². The molecule has 3 aromatic rings. The van der Waals surface area contributed by atoms with Gasteiger partial charge in [-0.1, -0.05) is 30.3 Å². The van der Waals surface area contributed by atoms with Gasteiger partial charge in [0, 0.05) is 19.3 Å². The van der Waals surface area contributed by atoms with Crippen LogP contribution in [0.5, 0.6) is 5.75 Å². The van der Waals surface area contributed by atoms with Crippen LogP contribution in [0.25, 0.3) is 0 Å². The Morgan fingerprint density at radius 2 is 1.68 bits per heavy atom. The molecule has 7 heteroatoms. The van der Waals surface area contributed by atoms with Crippen LogP contribution in [0.3, 0.4) is 0 Å². The number of benzene rings is 2. The van der Waals surface area contributed by atoms with Gasteiger partial charge in [0.15, 0.2) is 0 Å². The summed E-state index contributed by atoms with van der Waals surface area (Å²) in [6, 6.07) is 18.0. The van der Waals surface area contributed by atoms with Crippen LogP contribution in [-0.4, -0.2) is 29.1 Å². The molecule has 0 atom stereocenters. The van der Waals surface area contributed by atoms with Gasteiger partial charge < -0.3 is 4.74 Å². The Labute approximate surface area is 166 Å². The third-order valence-electron chi connectivity index (χ3n) is 4.42. The predicted octanol–water partition coefficient (Wildman–Crippen LogP) is 3.69. The molecule has 0 bridgehead atoms. The van der Waals surface area contributed by atoms with Gasteiger partial charge in [-0.25, -0.2) is 8.42 Å². The average Bonchev–Trinajstić information content (AvgIpc) is 3.16. The minimum Gasteiger partial charge on any atom is -0.494 e. The first-order valence-corrected chi connectivity index (χ1v) is 10.8. The minimum atomic E-state index is -3.70. The number of hydrogen-bond acceptors (Lipinski definition) is 4. The molecule has 0 radical (unpaired) electrons. The van der Waals surface area contributed by atoms with E-state index in [4.69, 9.17) is 4.74 Å². The van der Waals surface area contributed by atoms with E-state index in [9.17, 15) is 8.42 Å². The summed E-state index contributed by atoms with van der Waals surface area (Å²) < 4.78 is 35.5. The molecule has 6 nitrogen and oxygen atoms in total. The van der Waals surface area contributed by atoms with E-state index >= 15 is 0 Å². The van der Waals surface area contributed by atoms with Crippen molar-refractivity contribution in [2.75, 3.05) is 6.61 Å². The van der Waals surface area contributed by atoms with Crippen molar-refractivity contribution in [3.8, 4) is 5.75 Å². The molecule has 0 amide bonds. The van der Waals surface area contributed by atoms with Crippen LogP contribution in [0.1, 0.15) is 25.1 Å². The van der Waals surface area contributed by atoms with Gasteiger partial charge in [-0.2, -0.15) is 9.40 Å². The van der Waals surface area contributed by atoms with Crippen LogP contribution in [0.2, 0.25) is 0 Å². The number of sulfonamides is 1. The van der Waals surface area contributed by atoms with E-state index in [1.165, 1.54) is 4.31 Å². The summed E-state index contributed by atoms with van der Waals surface area (Å²) >= 11 is 0. The molecule has 0 aliphatic heterocycles. The topological polar surface area (TPSA) is 64.4 Å². The lowest BCUT2D eigenvalue weighted by molar-refractivity contribution is 0.340. The molecule has 0 N–H and O–H groups in total. The van der Waals surface area contributed by atoms with Gasteiger partial charge in [-0.05, 0) is 49.7 Å². The second kappa shape index (κ2) is 9.03. The van der Waals surface area contributed by atoms with E-state index in [1.54, 1.807) is 30.5 Å². The predicted molar refractivity (Wildman–Crippen MR) is 108 cm³/mol. The highest BCUT2D eigenvalue weighted by molar-refractivity contribution is 7.89. The summed E-state index contributed by atoms with van der Waals surface area (Å²) in [7, 11) is -3.70. The fourth-order valence-corrected chi connectivity index (χ4v) is 4.40. The monoisotopic (exact) mass is 399 g/mol. The van der Waals surface area contributed by atoms with Crippen molar-refractivity contribution in [1.82, 2.24) is 14.1 Å². The summed E-state index contributed by atoms with van der Waals surface area (Å²) in [4.78, 5) is 0.245. The maximum Gasteiger partial charge on any atom is 0.243 e. The number of ether oxygens (including phenoxy) is 1. The van der Waals surface area contributed by atoms with Gasteiger partial charge in [-0.3, -0.25) is 4.68 Å². The highest BCUT2D eigenvalue weighted by atomic mass is 32.2. The zero-order valence-corrected chi connectivity index (χ0v) is 17.0. The van der Waals surface area contributed by atoms with E-state index in [1.807, 2.05) is 54.9 Å². The first-order chi connectivity index (χ1) is 13.5. The molecule has 2 aromatic carbocycles. The van der Waals surface area contributed by atoms with Gasteiger partial charge in [0.1, 0.15) is 5.75 Å². The van der Waals surface area contributed by atoms with Crippen LogP contribution >= 0.6 is 0 Å². The summed E-state index contributed by atoms with van der Waals surface area (Å²) in [5.41, 5.74) is 1.78. The fourth-order valence-electron chi connectivity index (χ4n) is 3.00. The standard InChI is InChI=1S/C21H25N3O3S/c1-3-24-19(14-15-22-24)17-23(16-18-8-6-5-7-9-18)28(25,26)21-12-10-20(11-13-21)27-4-2/h5-15H,3-4,16-17H2,1-2H3. The Kier molecular flexibility index (Phi) is 6.49. The SMILES string of the molecule is CCOc1ccc(S(=O)(=O)N(Cc2ccccc2)Cc2ccnn2CC)cc1. The van der Waals surface area contributed by atoms with E-state index in [-0.39, 0.29) is 18.0 Å². The molecule has 0 saturated carbocycles. The summed E-state index contributed by atoms with van der Waals surface area (Å²) in [6.07, 6.45) is 1.70. The van der Waals surface area contributed by atoms with Crippen LogP contribution in [0.4, 0.5) is 0 Å². The second-order valence-corrected chi connectivity index (χ2v) is 8.24. The summed E-state index contributed by atoms with van der Waals surface area (Å²) in [6.45, 7) is 5.63.